The van der Waals surface area contributed by atoms with Crippen molar-refractivity contribution in [1.82, 2.24) is 5.01 Å². The Labute approximate surface area is 136 Å². The van der Waals surface area contributed by atoms with E-state index in [-0.39, 0.29) is 10.8 Å². The summed E-state index contributed by atoms with van der Waals surface area (Å²) in [5.41, 5.74) is -0.696. The zero-order valence-corrected chi connectivity index (χ0v) is 14.6. The second-order valence-corrected chi connectivity index (χ2v) is 8.60. The topological polar surface area (TPSA) is 87.9 Å². The van der Waals surface area contributed by atoms with Crippen LogP contribution in [0.1, 0.15) is 54.4 Å². The molecule has 5 rings (SSSR count). The van der Waals surface area contributed by atoms with Crippen LogP contribution in [0.15, 0.2) is 31.6 Å². The highest BCUT2D eigenvalue weighted by atomic mass is 16.6. The maximum Gasteiger partial charge on any atom is 0.189 e. The number of hydrazine groups is 1. The molecule has 7 nitrogen and oxygen atoms in total. The number of hydrogen-bond donors (Lipinski definition) is 1. The van der Waals surface area contributed by atoms with Gasteiger partial charge in [0.2, 0.25) is 0 Å². The summed E-state index contributed by atoms with van der Waals surface area (Å²) in [7, 11) is 0. The van der Waals surface area contributed by atoms with Crippen LogP contribution >= 0.6 is 0 Å². The number of nitrogens with two attached hydrogens (primary N) is 1. The maximum atomic E-state index is 6.67. The quantitative estimate of drug-likeness (QED) is 0.550. The lowest BCUT2D eigenvalue weighted by molar-refractivity contribution is -0.127. The van der Waals surface area contributed by atoms with Crippen LogP contribution in [0.5, 0.6) is 0 Å². The van der Waals surface area contributed by atoms with Gasteiger partial charge in [-0.05, 0) is 54.4 Å². The van der Waals surface area contributed by atoms with Gasteiger partial charge in [-0.2, -0.15) is 25.5 Å². The van der Waals surface area contributed by atoms with E-state index in [9.17, 15) is 0 Å². The van der Waals surface area contributed by atoms with Crippen molar-refractivity contribution in [2.45, 2.75) is 77.2 Å². The molecule has 0 aromatic carbocycles. The first-order valence-corrected chi connectivity index (χ1v) is 8.32. The molecule has 0 aromatic heterocycles. The van der Waals surface area contributed by atoms with Crippen molar-refractivity contribution in [3.05, 3.63) is 11.1 Å². The van der Waals surface area contributed by atoms with Crippen molar-refractivity contribution in [2.24, 2.45) is 37.1 Å². The summed E-state index contributed by atoms with van der Waals surface area (Å²) >= 11 is 0. The molecule has 1 aliphatic carbocycles. The summed E-state index contributed by atoms with van der Waals surface area (Å²) in [6, 6.07) is 0. The second kappa shape index (κ2) is 3.17. The third-order valence-electron chi connectivity index (χ3n) is 7.93. The lowest BCUT2D eigenvalue weighted by Gasteiger charge is -2.51. The first-order valence-electron chi connectivity index (χ1n) is 8.32. The van der Waals surface area contributed by atoms with Crippen molar-refractivity contribution in [1.29, 1.82) is 0 Å². The van der Waals surface area contributed by atoms with Gasteiger partial charge in [-0.3, -0.25) is 5.84 Å². The minimum atomic E-state index is -0.729. The minimum absolute atomic E-state index is 0.363. The van der Waals surface area contributed by atoms with Gasteiger partial charge in [0.15, 0.2) is 22.8 Å². The Hall–Kier alpha value is -1.18. The number of rotatable bonds is 0. The van der Waals surface area contributed by atoms with Crippen molar-refractivity contribution < 1.29 is 4.74 Å². The maximum absolute atomic E-state index is 6.67. The molecule has 2 unspecified atom stereocenters. The fourth-order valence-electron chi connectivity index (χ4n) is 6.80. The Morgan fingerprint density at radius 1 is 0.826 bits per heavy atom. The third kappa shape index (κ3) is 0.914. The third-order valence-corrected chi connectivity index (χ3v) is 7.93. The zero-order chi connectivity index (χ0) is 16.7. The molecule has 0 saturated carbocycles. The number of azo groups is 2. The van der Waals surface area contributed by atoms with Gasteiger partial charge in [-0.25, -0.2) is 0 Å². The van der Waals surface area contributed by atoms with Gasteiger partial charge in [0.05, 0.1) is 10.8 Å². The number of nitrogens with zero attached hydrogens (tertiary/aromatic N) is 5. The molecule has 2 saturated heterocycles. The SMILES string of the molecule is CC1=C(C)CC23C4(C1)[C@@]1(C)N=N[C@]4(C)O[C@]2(C)N=N[C@]3(C)N1N. The first-order chi connectivity index (χ1) is 10.5. The highest BCUT2D eigenvalue weighted by molar-refractivity contribution is 5.45. The Morgan fingerprint density at radius 3 is 1.61 bits per heavy atom. The van der Waals surface area contributed by atoms with Crippen molar-refractivity contribution >= 4 is 0 Å². The largest absolute Gasteiger partial charge is 0.322 e. The first kappa shape index (κ1) is 14.2. The zero-order valence-electron chi connectivity index (χ0n) is 14.6. The van der Waals surface area contributed by atoms with E-state index in [0.29, 0.717) is 0 Å². The molecule has 0 aromatic rings. The molecule has 0 radical (unpaired) electrons. The minimum Gasteiger partial charge on any atom is -0.322 e. The van der Waals surface area contributed by atoms with E-state index in [1.807, 2.05) is 5.01 Å². The number of hydrogen-bond acceptors (Lipinski definition) is 7. The summed E-state index contributed by atoms with van der Waals surface area (Å²) < 4.78 is 6.56. The lowest BCUT2D eigenvalue weighted by Crippen LogP contribution is -2.60. The fourth-order valence-corrected chi connectivity index (χ4v) is 6.80. The molecule has 23 heavy (non-hydrogen) atoms. The van der Waals surface area contributed by atoms with Crippen molar-refractivity contribution in [3.8, 4) is 0 Å². The molecule has 4 aliphatic heterocycles. The van der Waals surface area contributed by atoms with Crippen LogP contribution < -0.4 is 5.84 Å². The predicted octanol–water partition coefficient (Wildman–Crippen LogP) is 3.11. The molecule has 6 atom stereocenters. The fraction of sp³-hybridized carbons (Fsp3) is 0.875. The van der Waals surface area contributed by atoms with Gasteiger partial charge in [-0.1, -0.05) is 11.1 Å². The second-order valence-electron chi connectivity index (χ2n) is 8.60. The molecule has 2 N–H and O–H groups in total. The van der Waals surface area contributed by atoms with Crippen LogP contribution in [0.3, 0.4) is 0 Å². The van der Waals surface area contributed by atoms with Crippen LogP contribution in [0.25, 0.3) is 0 Å². The van der Waals surface area contributed by atoms with Gasteiger partial charge in [0, 0.05) is 0 Å². The average Bonchev–Trinajstić information content (AvgIpc) is 2.95. The Bertz CT molecular complexity index is 702. The van der Waals surface area contributed by atoms with E-state index in [2.05, 4.69) is 62.0 Å². The van der Waals surface area contributed by atoms with Crippen LogP contribution in [-0.2, 0) is 4.74 Å². The normalized spacial score (nSPS) is 62.4. The standard InChI is InChI=1S/C16H24N6O/c1-9-7-15-11(3)18-20-13(15,5)23-14(6)16(15,8-10(9)2)12(4,19-21-14)22(11)17/h7-8,17H2,1-6H3/t11-,12+,13+,14-,15?,16?. The van der Waals surface area contributed by atoms with Gasteiger partial charge in [0.1, 0.15) is 0 Å². The van der Waals surface area contributed by atoms with Crippen LogP contribution in [0, 0.1) is 10.8 Å². The van der Waals surface area contributed by atoms with E-state index >= 15 is 0 Å². The summed E-state index contributed by atoms with van der Waals surface area (Å²) in [6.45, 7) is 12.7. The van der Waals surface area contributed by atoms with E-state index in [4.69, 9.17) is 10.6 Å². The molecule has 5 aliphatic rings. The summed E-state index contributed by atoms with van der Waals surface area (Å²) in [5, 5.41) is 20.4. The Kier molecular flexibility index (Phi) is 1.95. The average molecular weight is 316 g/mol. The molecule has 2 fully saturated rings. The molecule has 0 amide bonds. The van der Waals surface area contributed by atoms with E-state index in [0.717, 1.165) is 12.8 Å². The molecule has 2 spiro atoms. The smallest absolute Gasteiger partial charge is 0.189 e. The summed E-state index contributed by atoms with van der Waals surface area (Å²) in [5.74, 6) is 6.67. The number of ether oxygens (including phenoxy) is 1. The van der Waals surface area contributed by atoms with E-state index < -0.39 is 22.8 Å². The lowest BCUT2D eigenvalue weighted by atomic mass is 9.46. The van der Waals surface area contributed by atoms with E-state index in [1.165, 1.54) is 11.1 Å². The van der Waals surface area contributed by atoms with Gasteiger partial charge in [-0.15, -0.1) is 0 Å². The van der Waals surface area contributed by atoms with Crippen LogP contribution in [0.4, 0.5) is 0 Å². The van der Waals surface area contributed by atoms with Crippen LogP contribution in [-0.4, -0.2) is 27.8 Å². The Balaban J connectivity index is 1.97. The molecular formula is C16H24N6O. The Morgan fingerprint density at radius 2 is 1.22 bits per heavy atom. The molecule has 4 heterocycles. The van der Waals surface area contributed by atoms with Crippen LogP contribution in [0.2, 0.25) is 0 Å². The predicted molar refractivity (Wildman–Crippen MR) is 82.9 cm³/mol. The summed E-state index contributed by atoms with van der Waals surface area (Å²) in [4.78, 5) is 0. The monoisotopic (exact) mass is 316 g/mol. The highest BCUT2D eigenvalue weighted by Gasteiger charge is 2.96. The van der Waals surface area contributed by atoms with Gasteiger partial charge in [0.25, 0.3) is 0 Å². The van der Waals surface area contributed by atoms with Gasteiger partial charge >= 0.3 is 0 Å². The van der Waals surface area contributed by atoms with Crippen molar-refractivity contribution in [2.75, 3.05) is 0 Å². The summed E-state index contributed by atoms with van der Waals surface area (Å²) in [6.07, 6.45) is 1.73. The van der Waals surface area contributed by atoms with E-state index in [1.54, 1.807) is 0 Å². The van der Waals surface area contributed by atoms with Gasteiger partial charge < -0.3 is 4.74 Å². The highest BCUT2D eigenvalue weighted by Crippen LogP contribution is 2.85. The molecule has 124 valence electrons. The molecular weight excluding hydrogens is 292 g/mol. The number of allylic oxidation sites excluding steroid dienone is 2. The molecule has 7 heteroatoms. The van der Waals surface area contributed by atoms with Crippen molar-refractivity contribution in [3.63, 3.8) is 0 Å². The molecule has 0 bridgehead atoms.